The van der Waals surface area contributed by atoms with Crippen LogP contribution in [0.2, 0.25) is 0 Å². The maximum atomic E-state index is 11.6. The van der Waals surface area contributed by atoms with Gasteiger partial charge in [0.1, 0.15) is 6.04 Å². The Balaban J connectivity index is 2.23. The number of nitrogens with zero attached hydrogens (tertiary/aromatic N) is 1. The lowest BCUT2D eigenvalue weighted by molar-refractivity contribution is -0.945. The SMILES string of the molecule is CC1(C)C2CC[N+](N)([O-])C1C2. The number of hydroxylamine groups is 2. The van der Waals surface area contributed by atoms with Gasteiger partial charge in [0, 0.05) is 18.3 Å². The zero-order chi connectivity index (χ0) is 8.28. The highest BCUT2D eigenvalue weighted by molar-refractivity contribution is 5.00. The highest BCUT2D eigenvalue weighted by atomic mass is 16.6. The molecular formula is C8H16N2O. The molecule has 2 aliphatic heterocycles. The molecule has 1 aliphatic carbocycles. The van der Waals surface area contributed by atoms with Crippen molar-refractivity contribution in [2.24, 2.45) is 17.2 Å². The van der Waals surface area contributed by atoms with Crippen molar-refractivity contribution in [3.63, 3.8) is 0 Å². The van der Waals surface area contributed by atoms with E-state index in [1.807, 2.05) is 0 Å². The van der Waals surface area contributed by atoms with Gasteiger partial charge in [-0.05, 0) is 5.92 Å². The first-order valence-electron chi connectivity index (χ1n) is 4.32. The van der Waals surface area contributed by atoms with Crippen LogP contribution >= 0.6 is 0 Å². The van der Waals surface area contributed by atoms with Crippen LogP contribution in [0.5, 0.6) is 0 Å². The number of fused-ring (bicyclic) bond motifs is 2. The molecule has 2 bridgehead atoms. The molecule has 3 atom stereocenters. The van der Waals surface area contributed by atoms with Crippen molar-refractivity contribution < 1.29 is 4.76 Å². The quantitative estimate of drug-likeness (QED) is 0.323. The van der Waals surface area contributed by atoms with Crippen molar-refractivity contribution in [1.29, 1.82) is 0 Å². The number of hydrogen-bond acceptors (Lipinski definition) is 2. The van der Waals surface area contributed by atoms with Crippen LogP contribution in [0.1, 0.15) is 26.7 Å². The highest BCUT2D eigenvalue weighted by Crippen LogP contribution is 2.55. The van der Waals surface area contributed by atoms with Crippen LogP contribution in [0.3, 0.4) is 0 Å². The van der Waals surface area contributed by atoms with Crippen LogP contribution in [-0.2, 0) is 0 Å². The van der Waals surface area contributed by atoms with Gasteiger partial charge in [-0.15, -0.1) is 0 Å². The average molecular weight is 156 g/mol. The molecule has 0 aromatic heterocycles. The smallest absolute Gasteiger partial charge is 0.112 e. The lowest BCUT2D eigenvalue weighted by Gasteiger charge is -2.64. The Morgan fingerprint density at radius 1 is 1.55 bits per heavy atom. The fourth-order valence-corrected chi connectivity index (χ4v) is 2.73. The summed E-state index contributed by atoms with van der Waals surface area (Å²) in [5.41, 5.74) is 0.203. The molecule has 3 aliphatic rings. The summed E-state index contributed by atoms with van der Waals surface area (Å²) in [6, 6.07) is 0.168. The van der Waals surface area contributed by atoms with Gasteiger partial charge in [0.15, 0.2) is 0 Å². The minimum Gasteiger partial charge on any atom is -0.611 e. The van der Waals surface area contributed by atoms with Crippen molar-refractivity contribution in [3.8, 4) is 0 Å². The molecule has 1 saturated carbocycles. The topological polar surface area (TPSA) is 49.1 Å². The Morgan fingerprint density at radius 2 is 2.18 bits per heavy atom. The first-order chi connectivity index (χ1) is 4.94. The first-order valence-corrected chi connectivity index (χ1v) is 4.32. The van der Waals surface area contributed by atoms with E-state index in [-0.39, 0.29) is 11.5 Å². The van der Waals surface area contributed by atoms with Gasteiger partial charge in [-0.25, -0.2) is 0 Å². The first kappa shape index (κ1) is 7.53. The zero-order valence-electron chi connectivity index (χ0n) is 7.21. The number of rotatable bonds is 0. The molecule has 3 fully saturated rings. The van der Waals surface area contributed by atoms with Crippen LogP contribution in [0.4, 0.5) is 0 Å². The Kier molecular flexibility index (Phi) is 1.22. The predicted molar refractivity (Wildman–Crippen MR) is 43.0 cm³/mol. The molecule has 11 heavy (non-hydrogen) atoms. The predicted octanol–water partition coefficient (Wildman–Crippen LogP) is 0.993. The van der Waals surface area contributed by atoms with Crippen LogP contribution in [0, 0.1) is 16.5 Å². The Hall–Kier alpha value is -0.120. The Bertz CT molecular complexity index is 179. The second kappa shape index (κ2) is 1.79. The highest BCUT2D eigenvalue weighted by Gasteiger charge is 2.59. The van der Waals surface area contributed by atoms with Crippen LogP contribution in [-0.4, -0.2) is 17.3 Å². The Labute approximate surface area is 67.3 Å². The molecule has 0 radical (unpaired) electrons. The van der Waals surface area contributed by atoms with Crippen molar-refractivity contribution in [2.75, 3.05) is 6.54 Å². The van der Waals surface area contributed by atoms with Crippen molar-refractivity contribution in [2.45, 2.75) is 32.7 Å². The molecule has 64 valence electrons. The van der Waals surface area contributed by atoms with Crippen LogP contribution in [0.15, 0.2) is 0 Å². The van der Waals surface area contributed by atoms with E-state index in [4.69, 9.17) is 5.84 Å². The second-order valence-electron chi connectivity index (χ2n) is 4.64. The fourth-order valence-electron chi connectivity index (χ4n) is 2.73. The van der Waals surface area contributed by atoms with Crippen molar-refractivity contribution >= 4 is 0 Å². The Morgan fingerprint density at radius 3 is 2.45 bits per heavy atom. The van der Waals surface area contributed by atoms with Gasteiger partial charge in [0.05, 0.1) is 6.54 Å². The zero-order valence-corrected chi connectivity index (χ0v) is 7.21. The summed E-state index contributed by atoms with van der Waals surface area (Å²) < 4.78 is -0.483. The van der Waals surface area contributed by atoms with E-state index in [2.05, 4.69) is 13.8 Å². The van der Waals surface area contributed by atoms with Gasteiger partial charge in [-0.3, -0.25) is 4.76 Å². The molecule has 3 unspecified atom stereocenters. The lowest BCUT2D eigenvalue weighted by atomic mass is 9.55. The molecule has 3 nitrogen and oxygen atoms in total. The third-order valence-corrected chi connectivity index (χ3v) is 3.77. The molecule has 0 aromatic rings. The summed E-state index contributed by atoms with van der Waals surface area (Å²) in [4.78, 5) is 0. The van der Waals surface area contributed by atoms with E-state index < -0.39 is 4.76 Å². The van der Waals surface area contributed by atoms with E-state index in [9.17, 15) is 5.21 Å². The molecule has 3 heteroatoms. The van der Waals surface area contributed by atoms with Gasteiger partial charge in [-0.2, -0.15) is 5.84 Å². The standard InChI is InChI=1S/C8H16N2O/c1-8(2)6-3-4-10(9,11)7(8)5-6/h6-7H,3-5,9H2,1-2H3. The summed E-state index contributed by atoms with van der Waals surface area (Å²) in [6.45, 7) is 4.96. The maximum Gasteiger partial charge on any atom is 0.112 e. The van der Waals surface area contributed by atoms with Crippen LogP contribution in [0.25, 0.3) is 0 Å². The minimum absolute atomic E-state index is 0.168. The number of hydrogen-bond donors (Lipinski definition) is 1. The van der Waals surface area contributed by atoms with Gasteiger partial charge in [-0.1, -0.05) is 13.8 Å². The number of piperidine rings is 2. The summed E-state index contributed by atoms with van der Waals surface area (Å²) in [7, 11) is 0. The molecular weight excluding hydrogens is 140 g/mol. The third-order valence-electron chi connectivity index (χ3n) is 3.77. The molecule has 0 spiro atoms. The van der Waals surface area contributed by atoms with E-state index in [0.29, 0.717) is 6.54 Å². The van der Waals surface area contributed by atoms with E-state index in [0.717, 1.165) is 18.8 Å². The van der Waals surface area contributed by atoms with E-state index >= 15 is 0 Å². The van der Waals surface area contributed by atoms with Crippen LogP contribution < -0.4 is 5.84 Å². The molecule has 0 aromatic carbocycles. The summed E-state index contributed by atoms with van der Waals surface area (Å²) >= 11 is 0. The molecule has 2 heterocycles. The molecule has 2 saturated heterocycles. The minimum atomic E-state index is -0.483. The maximum absolute atomic E-state index is 11.6. The van der Waals surface area contributed by atoms with Gasteiger partial charge in [0.2, 0.25) is 0 Å². The van der Waals surface area contributed by atoms with Gasteiger partial charge < -0.3 is 5.21 Å². The monoisotopic (exact) mass is 156 g/mol. The van der Waals surface area contributed by atoms with Crippen molar-refractivity contribution in [1.82, 2.24) is 0 Å². The second-order valence-corrected chi connectivity index (χ2v) is 4.64. The van der Waals surface area contributed by atoms with Gasteiger partial charge >= 0.3 is 0 Å². The number of quaternary nitrogens is 1. The summed E-state index contributed by atoms with van der Waals surface area (Å²) in [5.74, 6) is 6.38. The average Bonchev–Trinajstić information content (AvgIpc) is 1.84. The molecule has 3 rings (SSSR count). The van der Waals surface area contributed by atoms with E-state index in [1.165, 1.54) is 0 Å². The van der Waals surface area contributed by atoms with Gasteiger partial charge in [0.25, 0.3) is 0 Å². The van der Waals surface area contributed by atoms with E-state index in [1.54, 1.807) is 0 Å². The molecule has 2 N–H and O–H groups in total. The lowest BCUT2D eigenvalue weighted by Crippen LogP contribution is -2.73. The van der Waals surface area contributed by atoms with Crippen molar-refractivity contribution in [3.05, 3.63) is 5.21 Å². The fraction of sp³-hybridized carbons (Fsp3) is 1.00. The normalized spacial score (nSPS) is 53.5. The third kappa shape index (κ3) is 0.789. The number of nitrogens with two attached hydrogens (primary N) is 1. The largest absolute Gasteiger partial charge is 0.611 e. The molecule has 0 amide bonds. The summed E-state index contributed by atoms with van der Waals surface area (Å²) in [5, 5.41) is 11.6. The summed E-state index contributed by atoms with van der Waals surface area (Å²) in [6.07, 6.45) is 2.07.